The highest BCUT2D eigenvalue weighted by Gasteiger charge is 2.29. The zero-order chi connectivity index (χ0) is 13.3. The number of carbonyl (C=O) groups excluding carboxylic acids is 1. The minimum Gasteiger partial charge on any atom is -0.478 e. The van der Waals surface area contributed by atoms with Crippen molar-refractivity contribution in [1.29, 1.82) is 0 Å². The van der Waals surface area contributed by atoms with Gasteiger partial charge in [-0.25, -0.2) is 13.6 Å². The first-order valence-electron chi connectivity index (χ1n) is 4.05. The van der Waals surface area contributed by atoms with Crippen molar-refractivity contribution >= 4 is 27.9 Å². The molecule has 0 unspecified atom stereocenters. The van der Waals surface area contributed by atoms with E-state index in [1.165, 1.54) is 0 Å². The first kappa shape index (κ1) is 13.5. The van der Waals surface area contributed by atoms with Gasteiger partial charge in [0.25, 0.3) is 0 Å². The molecule has 0 amide bonds. The number of carboxylic acids is 1. The summed E-state index contributed by atoms with van der Waals surface area (Å²) in [4.78, 5) is 21.3. The van der Waals surface area contributed by atoms with Crippen molar-refractivity contribution in [3.05, 3.63) is 27.5 Å². The second-order valence-corrected chi connectivity index (χ2v) is 3.65. The molecule has 0 saturated carbocycles. The summed E-state index contributed by atoms with van der Waals surface area (Å²) in [5.41, 5.74) is -1.15. The standard InChI is InChI=1S/C9H4BrF3O4/c1-2(14)17-8-4(10)3(9(15)16)5(11)6(12)7(8)13/h1H3,(H,15,16). The van der Waals surface area contributed by atoms with E-state index < -0.39 is 45.2 Å². The molecule has 1 aromatic rings. The lowest BCUT2D eigenvalue weighted by Crippen LogP contribution is -2.12. The van der Waals surface area contributed by atoms with Crippen LogP contribution < -0.4 is 4.74 Å². The molecular formula is C9H4BrF3O4. The number of ether oxygens (including phenoxy) is 1. The van der Waals surface area contributed by atoms with Gasteiger partial charge in [0, 0.05) is 6.92 Å². The van der Waals surface area contributed by atoms with Gasteiger partial charge in [0.2, 0.25) is 5.82 Å². The number of rotatable bonds is 2. The number of esters is 1. The first-order valence-corrected chi connectivity index (χ1v) is 4.84. The summed E-state index contributed by atoms with van der Waals surface area (Å²) in [5.74, 6) is -9.53. The maximum Gasteiger partial charge on any atom is 0.340 e. The van der Waals surface area contributed by atoms with Crippen LogP contribution in [0, 0.1) is 17.5 Å². The number of hydrogen-bond acceptors (Lipinski definition) is 3. The van der Waals surface area contributed by atoms with Crippen LogP contribution in [0.25, 0.3) is 0 Å². The molecule has 0 aliphatic rings. The second-order valence-electron chi connectivity index (χ2n) is 2.86. The smallest absolute Gasteiger partial charge is 0.340 e. The summed E-state index contributed by atoms with van der Waals surface area (Å²) in [6, 6.07) is 0. The van der Waals surface area contributed by atoms with Crippen molar-refractivity contribution in [2.24, 2.45) is 0 Å². The van der Waals surface area contributed by atoms with Crippen molar-refractivity contribution in [2.75, 3.05) is 0 Å². The van der Waals surface area contributed by atoms with E-state index in [1.54, 1.807) is 0 Å². The van der Waals surface area contributed by atoms with Crippen LogP contribution in [-0.4, -0.2) is 17.0 Å². The summed E-state index contributed by atoms with van der Waals surface area (Å²) in [6.07, 6.45) is 0. The van der Waals surface area contributed by atoms with Crippen LogP contribution in [0.2, 0.25) is 0 Å². The topological polar surface area (TPSA) is 63.6 Å². The highest BCUT2D eigenvalue weighted by Crippen LogP contribution is 2.35. The number of hydrogen-bond donors (Lipinski definition) is 1. The molecule has 0 spiro atoms. The van der Waals surface area contributed by atoms with E-state index in [-0.39, 0.29) is 0 Å². The first-order chi connectivity index (χ1) is 7.77. The summed E-state index contributed by atoms with van der Waals surface area (Å²) >= 11 is 2.54. The Hall–Kier alpha value is -1.57. The van der Waals surface area contributed by atoms with Crippen molar-refractivity contribution in [1.82, 2.24) is 0 Å². The third-order valence-electron chi connectivity index (χ3n) is 1.68. The Morgan fingerprint density at radius 3 is 2.12 bits per heavy atom. The average molecular weight is 313 g/mol. The molecule has 17 heavy (non-hydrogen) atoms. The van der Waals surface area contributed by atoms with E-state index in [9.17, 15) is 22.8 Å². The molecule has 0 fully saturated rings. The van der Waals surface area contributed by atoms with Gasteiger partial charge in [0.1, 0.15) is 5.56 Å². The summed E-state index contributed by atoms with van der Waals surface area (Å²) in [7, 11) is 0. The van der Waals surface area contributed by atoms with Gasteiger partial charge in [0.05, 0.1) is 4.47 Å². The van der Waals surface area contributed by atoms with Gasteiger partial charge in [-0.15, -0.1) is 0 Å². The largest absolute Gasteiger partial charge is 0.478 e. The van der Waals surface area contributed by atoms with Gasteiger partial charge >= 0.3 is 11.9 Å². The summed E-state index contributed by atoms with van der Waals surface area (Å²) in [6.45, 7) is 0.896. The minimum absolute atomic E-state index is 0.684. The molecule has 4 nitrogen and oxygen atoms in total. The molecule has 0 aromatic heterocycles. The van der Waals surface area contributed by atoms with E-state index >= 15 is 0 Å². The highest BCUT2D eigenvalue weighted by atomic mass is 79.9. The Bertz CT molecular complexity index is 516. The number of aromatic carboxylic acids is 1. The molecule has 1 aromatic carbocycles. The van der Waals surface area contributed by atoms with Gasteiger partial charge < -0.3 is 9.84 Å². The number of halogens is 4. The molecule has 0 radical (unpaired) electrons. The van der Waals surface area contributed by atoms with Gasteiger partial charge in [-0.3, -0.25) is 4.79 Å². The maximum atomic E-state index is 13.2. The quantitative estimate of drug-likeness (QED) is 0.394. The third-order valence-corrected chi connectivity index (χ3v) is 2.44. The Balaban J connectivity index is 3.61. The molecule has 0 aliphatic heterocycles. The van der Waals surface area contributed by atoms with Crippen molar-refractivity contribution in [2.45, 2.75) is 6.92 Å². The Labute approximate surface area is 101 Å². The average Bonchev–Trinajstić information content (AvgIpc) is 2.21. The Morgan fingerprint density at radius 2 is 1.71 bits per heavy atom. The number of carbonyl (C=O) groups is 2. The van der Waals surface area contributed by atoms with Crippen LogP contribution in [0.15, 0.2) is 4.47 Å². The van der Waals surface area contributed by atoms with E-state index in [2.05, 4.69) is 20.7 Å². The highest BCUT2D eigenvalue weighted by molar-refractivity contribution is 9.10. The maximum absolute atomic E-state index is 13.2. The molecule has 0 bridgehead atoms. The Morgan fingerprint density at radius 1 is 1.18 bits per heavy atom. The van der Waals surface area contributed by atoms with E-state index in [4.69, 9.17) is 5.11 Å². The summed E-state index contributed by atoms with van der Waals surface area (Å²) < 4.78 is 42.9. The van der Waals surface area contributed by atoms with Gasteiger partial charge in [-0.2, -0.15) is 4.39 Å². The van der Waals surface area contributed by atoms with Gasteiger partial charge in [-0.1, -0.05) is 0 Å². The van der Waals surface area contributed by atoms with Crippen LogP contribution in [0.5, 0.6) is 5.75 Å². The molecule has 1 rings (SSSR count). The zero-order valence-electron chi connectivity index (χ0n) is 8.18. The van der Waals surface area contributed by atoms with Crippen LogP contribution in [0.3, 0.4) is 0 Å². The van der Waals surface area contributed by atoms with Crippen molar-refractivity contribution in [3.63, 3.8) is 0 Å². The van der Waals surface area contributed by atoms with E-state index in [0.717, 1.165) is 6.92 Å². The Kier molecular flexibility index (Phi) is 3.76. The molecule has 0 heterocycles. The normalized spacial score (nSPS) is 10.2. The van der Waals surface area contributed by atoms with Gasteiger partial charge in [0.15, 0.2) is 17.4 Å². The summed E-state index contributed by atoms with van der Waals surface area (Å²) in [5, 5.41) is 8.62. The second kappa shape index (κ2) is 4.74. The van der Waals surface area contributed by atoms with Crippen molar-refractivity contribution in [3.8, 4) is 5.75 Å². The molecule has 8 heteroatoms. The SMILES string of the molecule is CC(=O)Oc1c(F)c(F)c(F)c(C(=O)O)c1Br. The fraction of sp³-hybridized carbons (Fsp3) is 0.111. The predicted octanol–water partition coefficient (Wildman–Crippen LogP) is 2.49. The zero-order valence-corrected chi connectivity index (χ0v) is 9.77. The minimum atomic E-state index is -2.03. The number of benzene rings is 1. The fourth-order valence-corrected chi connectivity index (χ4v) is 1.63. The molecule has 0 aliphatic carbocycles. The molecule has 92 valence electrons. The van der Waals surface area contributed by atoms with Gasteiger partial charge in [-0.05, 0) is 15.9 Å². The molecule has 0 saturated heterocycles. The molecule has 1 N–H and O–H groups in total. The lowest BCUT2D eigenvalue weighted by atomic mass is 10.2. The molecule has 0 atom stereocenters. The lowest BCUT2D eigenvalue weighted by Gasteiger charge is -2.10. The van der Waals surface area contributed by atoms with Crippen LogP contribution >= 0.6 is 15.9 Å². The number of carboxylic acid groups (broad SMARTS) is 1. The van der Waals surface area contributed by atoms with Crippen molar-refractivity contribution < 1.29 is 32.6 Å². The third kappa shape index (κ3) is 2.41. The van der Waals surface area contributed by atoms with E-state index in [0.29, 0.717) is 0 Å². The van der Waals surface area contributed by atoms with Crippen LogP contribution in [0.4, 0.5) is 13.2 Å². The monoisotopic (exact) mass is 312 g/mol. The fourth-order valence-electron chi connectivity index (χ4n) is 1.03. The molecular weight excluding hydrogens is 309 g/mol. The van der Waals surface area contributed by atoms with Crippen LogP contribution in [-0.2, 0) is 4.79 Å². The van der Waals surface area contributed by atoms with Crippen LogP contribution in [0.1, 0.15) is 17.3 Å². The van der Waals surface area contributed by atoms with E-state index in [1.807, 2.05) is 0 Å². The predicted molar refractivity (Wildman–Crippen MR) is 52.3 cm³/mol. The lowest BCUT2D eigenvalue weighted by molar-refractivity contribution is -0.132.